The van der Waals surface area contributed by atoms with Gasteiger partial charge in [-0.05, 0) is 30.7 Å². The molecular weight excluding hydrogens is 264 g/mol. The molecule has 2 N–H and O–H groups in total. The predicted molar refractivity (Wildman–Crippen MR) is 68.5 cm³/mol. The number of nitriles is 1. The number of H-pyrrole nitrogens is 1. The molecule has 0 saturated heterocycles. The minimum atomic E-state index is -3.60. The lowest BCUT2D eigenvalue weighted by Gasteiger charge is -2.08. The third-order valence-electron chi connectivity index (χ3n) is 2.60. The highest BCUT2D eigenvalue weighted by atomic mass is 32.2. The Morgan fingerprint density at radius 1 is 1.47 bits per heavy atom. The van der Waals surface area contributed by atoms with Crippen LogP contribution in [-0.2, 0) is 16.6 Å². The molecule has 19 heavy (non-hydrogen) atoms. The molecule has 1 heterocycles. The number of nitrogens with zero attached hydrogens (tertiary/aromatic N) is 2. The van der Waals surface area contributed by atoms with Crippen LogP contribution in [0.15, 0.2) is 35.6 Å². The van der Waals surface area contributed by atoms with Gasteiger partial charge in [-0.1, -0.05) is 0 Å². The molecule has 0 radical (unpaired) electrons. The summed E-state index contributed by atoms with van der Waals surface area (Å²) in [5, 5.41) is 8.76. The van der Waals surface area contributed by atoms with E-state index in [2.05, 4.69) is 14.7 Å². The lowest BCUT2D eigenvalue weighted by Crippen LogP contribution is -2.24. The van der Waals surface area contributed by atoms with E-state index >= 15 is 0 Å². The fourth-order valence-corrected chi connectivity index (χ4v) is 2.88. The molecule has 0 spiro atoms. The van der Waals surface area contributed by atoms with Crippen LogP contribution in [0, 0.1) is 18.3 Å². The van der Waals surface area contributed by atoms with Gasteiger partial charge in [0.2, 0.25) is 10.0 Å². The van der Waals surface area contributed by atoms with Crippen LogP contribution in [-0.4, -0.2) is 18.4 Å². The van der Waals surface area contributed by atoms with Crippen molar-refractivity contribution in [1.29, 1.82) is 5.26 Å². The van der Waals surface area contributed by atoms with E-state index in [0.29, 0.717) is 16.8 Å². The summed E-state index contributed by atoms with van der Waals surface area (Å²) in [6.45, 7) is 1.80. The zero-order valence-electron chi connectivity index (χ0n) is 10.2. The third-order valence-corrected chi connectivity index (χ3v) is 4.16. The maximum absolute atomic E-state index is 12.1. The zero-order valence-corrected chi connectivity index (χ0v) is 11.0. The standard InChI is InChI=1S/C12H12N4O2S/c1-9-4-10(5-13)2-3-12(9)19(17,18)16-7-11-6-14-8-15-11/h2-4,6,8,16H,7H2,1H3,(H,14,15). The van der Waals surface area contributed by atoms with Gasteiger partial charge in [0.1, 0.15) is 0 Å². The molecule has 1 aromatic heterocycles. The van der Waals surface area contributed by atoms with Crippen LogP contribution in [0.2, 0.25) is 0 Å². The number of aromatic amines is 1. The first-order valence-corrected chi connectivity index (χ1v) is 6.99. The molecule has 0 bridgehead atoms. The van der Waals surface area contributed by atoms with Crippen molar-refractivity contribution in [2.45, 2.75) is 18.4 Å². The van der Waals surface area contributed by atoms with Gasteiger partial charge in [-0.15, -0.1) is 0 Å². The quantitative estimate of drug-likeness (QED) is 0.872. The van der Waals surface area contributed by atoms with Crippen molar-refractivity contribution in [2.24, 2.45) is 0 Å². The topological polar surface area (TPSA) is 98.6 Å². The summed E-state index contributed by atoms with van der Waals surface area (Å²) < 4.78 is 26.7. The largest absolute Gasteiger partial charge is 0.347 e. The van der Waals surface area contributed by atoms with Gasteiger partial charge in [0.15, 0.2) is 0 Å². The van der Waals surface area contributed by atoms with Crippen molar-refractivity contribution in [1.82, 2.24) is 14.7 Å². The SMILES string of the molecule is Cc1cc(C#N)ccc1S(=O)(=O)NCc1cnc[nH]1. The number of sulfonamides is 1. The molecule has 0 unspecified atom stereocenters. The van der Waals surface area contributed by atoms with Gasteiger partial charge in [0.25, 0.3) is 0 Å². The van der Waals surface area contributed by atoms with E-state index in [1.165, 1.54) is 18.5 Å². The van der Waals surface area contributed by atoms with E-state index < -0.39 is 10.0 Å². The lowest BCUT2D eigenvalue weighted by atomic mass is 10.2. The number of benzene rings is 1. The molecule has 0 fully saturated rings. The minimum Gasteiger partial charge on any atom is -0.347 e. The number of hydrogen-bond acceptors (Lipinski definition) is 4. The second kappa shape index (κ2) is 5.22. The fourth-order valence-electron chi connectivity index (χ4n) is 1.65. The van der Waals surface area contributed by atoms with Crippen LogP contribution in [0.3, 0.4) is 0 Å². The lowest BCUT2D eigenvalue weighted by molar-refractivity contribution is 0.580. The normalized spacial score (nSPS) is 11.2. The second-order valence-corrected chi connectivity index (χ2v) is 5.73. The Kier molecular flexibility index (Phi) is 3.64. The highest BCUT2D eigenvalue weighted by molar-refractivity contribution is 7.89. The maximum atomic E-state index is 12.1. The second-order valence-electron chi connectivity index (χ2n) is 3.99. The molecule has 0 aliphatic rings. The average molecular weight is 276 g/mol. The molecule has 0 atom stereocenters. The van der Waals surface area contributed by atoms with Crippen molar-refractivity contribution in [3.8, 4) is 6.07 Å². The Hall–Kier alpha value is -2.17. The summed E-state index contributed by atoms with van der Waals surface area (Å²) in [7, 11) is -3.60. The Morgan fingerprint density at radius 3 is 2.84 bits per heavy atom. The fraction of sp³-hybridized carbons (Fsp3) is 0.167. The minimum absolute atomic E-state index is 0.141. The van der Waals surface area contributed by atoms with Crippen molar-refractivity contribution >= 4 is 10.0 Å². The van der Waals surface area contributed by atoms with Crippen LogP contribution in [0.25, 0.3) is 0 Å². The van der Waals surface area contributed by atoms with Gasteiger partial charge in [-0.2, -0.15) is 5.26 Å². The molecule has 2 aromatic rings. The number of imidazole rings is 1. The number of rotatable bonds is 4. The van der Waals surface area contributed by atoms with Gasteiger partial charge in [0, 0.05) is 11.9 Å². The van der Waals surface area contributed by atoms with E-state index in [4.69, 9.17) is 5.26 Å². The summed E-state index contributed by atoms with van der Waals surface area (Å²) in [5.41, 5.74) is 1.65. The molecule has 0 saturated carbocycles. The zero-order chi connectivity index (χ0) is 13.9. The van der Waals surface area contributed by atoms with Gasteiger partial charge in [-0.3, -0.25) is 0 Å². The summed E-state index contributed by atoms with van der Waals surface area (Å²) in [6, 6.07) is 6.44. The molecule has 7 heteroatoms. The summed E-state index contributed by atoms with van der Waals surface area (Å²) >= 11 is 0. The van der Waals surface area contributed by atoms with Gasteiger partial charge >= 0.3 is 0 Å². The Bertz CT molecular complexity index is 715. The third kappa shape index (κ3) is 2.99. The van der Waals surface area contributed by atoms with E-state index in [0.717, 1.165) is 0 Å². The molecule has 98 valence electrons. The predicted octanol–water partition coefficient (Wildman–Crippen LogP) is 1.07. The number of nitrogens with one attached hydrogen (secondary N) is 2. The number of aromatic nitrogens is 2. The van der Waals surface area contributed by atoms with E-state index in [-0.39, 0.29) is 11.4 Å². The van der Waals surface area contributed by atoms with Gasteiger partial charge in [0.05, 0.1) is 29.4 Å². The summed E-state index contributed by atoms with van der Waals surface area (Å²) in [6.07, 6.45) is 3.03. The van der Waals surface area contributed by atoms with Crippen molar-refractivity contribution in [3.05, 3.63) is 47.5 Å². The van der Waals surface area contributed by atoms with E-state index in [9.17, 15) is 8.42 Å². The smallest absolute Gasteiger partial charge is 0.241 e. The molecular formula is C12H12N4O2S. The van der Waals surface area contributed by atoms with Crippen LogP contribution < -0.4 is 4.72 Å². The van der Waals surface area contributed by atoms with Crippen LogP contribution in [0.1, 0.15) is 16.8 Å². The van der Waals surface area contributed by atoms with E-state index in [1.807, 2.05) is 6.07 Å². The Morgan fingerprint density at radius 2 is 2.26 bits per heavy atom. The number of aryl methyl sites for hydroxylation is 1. The Balaban J connectivity index is 2.22. The molecule has 1 aromatic carbocycles. The first-order valence-electron chi connectivity index (χ1n) is 5.50. The highest BCUT2D eigenvalue weighted by Crippen LogP contribution is 2.16. The summed E-state index contributed by atoms with van der Waals surface area (Å²) in [5.74, 6) is 0. The number of hydrogen-bond donors (Lipinski definition) is 2. The first kappa shape index (κ1) is 13.3. The van der Waals surface area contributed by atoms with Gasteiger partial charge < -0.3 is 4.98 Å². The van der Waals surface area contributed by atoms with Crippen LogP contribution >= 0.6 is 0 Å². The molecule has 0 amide bonds. The first-order chi connectivity index (χ1) is 9.03. The van der Waals surface area contributed by atoms with Gasteiger partial charge in [-0.25, -0.2) is 18.1 Å². The molecule has 6 nitrogen and oxygen atoms in total. The van der Waals surface area contributed by atoms with Crippen molar-refractivity contribution < 1.29 is 8.42 Å². The highest BCUT2D eigenvalue weighted by Gasteiger charge is 2.16. The molecule has 0 aliphatic heterocycles. The van der Waals surface area contributed by atoms with Crippen LogP contribution in [0.4, 0.5) is 0 Å². The Labute approximate surface area is 111 Å². The average Bonchev–Trinajstić information content (AvgIpc) is 2.89. The van der Waals surface area contributed by atoms with Crippen molar-refractivity contribution in [3.63, 3.8) is 0 Å². The molecule has 0 aliphatic carbocycles. The van der Waals surface area contributed by atoms with Crippen molar-refractivity contribution in [2.75, 3.05) is 0 Å². The summed E-state index contributed by atoms with van der Waals surface area (Å²) in [4.78, 5) is 6.79. The van der Waals surface area contributed by atoms with E-state index in [1.54, 1.807) is 19.2 Å². The molecule has 2 rings (SSSR count). The maximum Gasteiger partial charge on any atom is 0.241 e. The van der Waals surface area contributed by atoms with Crippen LogP contribution in [0.5, 0.6) is 0 Å². The monoisotopic (exact) mass is 276 g/mol.